The van der Waals surface area contributed by atoms with Gasteiger partial charge in [-0.3, -0.25) is 0 Å². The smallest absolute Gasteiger partial charge is 0.161 e. The third-order valence-electron chi connectivity index (χ3n) is 2.97. The summed E-state index contributed by atoms with van der Waals surface area (Å²) in [7, 11) is 1.55. The maximum atomic E-state index is 9.89. The van der Waals surface area contributed by atoms with E-state index in [1.165, 1.54) is 0 Å². The zero-order valence-electron chi connectivity index (χ0n) is 11.4. The second-order valence-corrected chi connectivity index (χ2v) is 4.73. The first-order valence-corrected chi connectivity index (χ1v) is 6.11. The summed E-state index contributed by atoms with van der Waals surface area (Å²) in [5.74, 6) is 1.12. The van der Waals surface area contributed by atoms with Crippen molar-refractivity contribution in [3.05, 3.63) is 23.8 Å². The first-order chi connectivity index (χ1) is 8.39. The second kappa shape index (κ2) is 6.07. The summed E-state index contributed by atoms with van der Waals surface area (Å²) >= 11 is 0. The lowest BCUT2D eigenvalue weighted by Crippen LogP contribution is -2.31. The molecule has 1 aromatic carbocycles. The minimum atomic E-state index is -0.853. The van der Waals surface area contributed by atoms with Crippen LogP contribution in [0, 0.1) is 0 Å². The lowest BCUT2D eigenvalue weighted by atomic mass is 10.1. The van der Waals surface area contributed by atoms with E-state index in [0.29, 0.717) is 17.9 Å². The molecular formula is C14H22O4. The lowest BCUT2D eigenvalue weighted by Gasteiger charge is -2.22. The van der Waals surface area contributed by atoms with Crippen LogP contribution in [-0.2, 0) is 0 Å². The van der Waals surface area contributed by atoms with Gasteiger partial charge in [0.15, 0.2) is 11.5 Å². The molecule has 2 atom stereocenters. The van der Waals surface area contributed by atoms with Crippen molar-refractivity contribution in [2.75, 3.05) is 13.7 Å². The van der Waals surface area contributed by atoms with Gasteiger partial charge >= 0.3 is 0 Å². The summed E-state index contributed by atoms with van der Waals surface area (Å²) < 4.78 is 10.8. The van der Waals surface area contributed by atoms with E-state index in [0.717, 1.165) is 5.56 Å². The summed E-state index contributed by atoms with van der Waals surface area (Å²) in [6.07, 6.45) is 0.0628. The van der Waals surface area contributed by atoms with Crippen LogP contribution >= 0.6 is 0 Å². The number of methoxy groups -OCH3 is 1. The molecule has 0 saturated heterocycles. The molecule has 0 radical (unpaired) electrons. The Labute approximate surface area is 108 Å². The maximum Gasteiger partial charge on any atom is 0.161 e. The SMILES string of the molecule is CCC(C)(O)COc1ccc([C@H](C)O)cc1OC. The van der Waals surface area contributed by atoms with Gasteiger partial charge in [0.05, 0.1) is 18.8 Å². The monoisotopic (exact) mass is 254 g/mol. The van der Waals surface area contributed by atoms with Gasteiger partial charge in [-0.15, -0.1) is 0 Å². The molecular weight excluding hydrogens is 232 g/mol. The largest absolute Gasteiger partial charge is 0.493 e. The minimum absolute atomic E-state index is 0.202. The van der Waals surface area contributed by atoms with Crippen LogP contribution in [-0.4, -0.2) is 29.5 Å². The van der Waals surface area contributed by atoms with E-state index in [4.69, 9.17) is 9.47 Å². The highest BCUT2D eigenvalue weighted by Crippen LogP contribution is 2.31. The molecule has 0 aromatic heterocycles. The van der Waals surface area contributed by atoms with Crippen LogP contribution in [0.15, 0.2) is 18.2 Å². The number of hydrogen-bond donors (Lipinski definition) is 2. The highest BCUT2D eigenvalue weighted by molar-refractivity contribution is 5.43. The molecule has 2 N–H and O–H groups in total. The molecule has 18 heavy (non-hydrogen) atoms. The normalized spacial score (nSPS) is 15.9. The molecule has 4 nitrogen and oxygen atoms in total. The van der Waals surface area contributed by atoms with Crippen molar-refractivity contribution in [2.45, 2.75) is 38.9 Å². The third kappa shape index (κ3) is 3.89. The molecule has 4 heteroatoms. The quantitative estimate of drug-likeness (QED) is 0.817. The van der Waals surface area contributed by atoms with Gasteiger partial charge in [-0.2, -0.15) is 0 Å². The summed E-state index contributed by atoms with van der Waals surface area (Å²) in [6, 6.07) is 5.26. The number of ether oxygens (including phenoxy) is 2. The van der Waals surface area contributed by atoms with Crippen molar-refractivity contribution in [2.24, 2.45) is 0 Å². The van der Waals surface area contributed by atoms with Crippen LogP contribution in [0.2, 0.25) is 0 Å². The third-order valence-corrected chi connectivity index (χ3v) is 2.97. The van der Waals surface area contributed by atoms with Gasteiger partial charge < -0.3 is 19.7 Å². The van der Waals surface area contributed by atoms with Gasteiger partial charge in [0.1, 0.15) is 6.61 Å². The summed E-state index contributed by atoms with van der Waals surface area (Å²) in [6.45, 7) is 5.52. The van der Waals surface area contributed by atoms with E-state index in [1.807, 2.05) is 6.92 Å². The fraction of sp³-hybridized carbons (Fsp3) is 0.571. The average Bonchev–Trinajstić information content (AvgIpc) is 2.36. The molecule has 0 bridgehead atoms. The van der Waals surface area contributed by atoms with Crippen LogP contribution in [0.4, 0.5) is 0 Å². The first kappa shape index (κ1) is 14.8. The number of aliphatic hydroxyl groups is 2. The van der Waals surface area contributed by atoms with Crippen molar-refractivity contribution in [1.82, 2.24) is 0 Å². The predicted molar refractivity (Wildman–Crippen MR) is 70.0 cm³/mol. The van der Waals surface area contributed by atoms with E-state index in [1.54, 1.807) is 39.2 Å². The molecule has 0 aliphatic rings. The number of aliphatic hydroxyl groups excluding tert-OH is 1. The van der Waals surface area contributed by atoms with Crippen LogP contribution < -0.4 is 9.47 Å². The van der Waals surface area contributed by atoms with Gasteiger partial charge in [-0.25, -0.2) is 0 Å². The van der Waals surface area contributed by atoms with Crippen molar-refractivity contribution in [3.63, 3.8) is 0 Å². The molecule has 1 rings (SSSR count). The second-order valence-electron chi connectivity index (χ2n) is 4.73. The van der Waals surface area contributed by atoms with Crippen LogP contribution in [0.25, 0.3) is 0 Å². The number of rotatable bonds is 6. The Kier molecular flexibility index (Phi) is 4.99. The van der Waals surface area contributed by atoms with E-state index in [2.05, 4.69) is 0 Å². The summed E-state index contributed by atoms with van der Waals surface area (Å²) in [5.41, 5.74) is -0.0880. The van der Waals surface area contributed by atoms with Crippen molar-refractivity contribution >= 4 is 0 Å². The molecule has 1 aromatic rings. The van der Waals surface area contributed by atoms with Crippen molar-refractivity contribution < 1.29 is 19.7 Å². The van der Waals surface area contributed by atoms with E-state index >= 15 is 0 Å². The van der Waals surface area contributed by atoms with Gasteiger partial charge in [0.25, 0.3) is 0 Å². The summed E-state index contributed by atoms with van der Waals surface area (Å²) in [4.78, 5) is 0. The molecule has 0 aliphatic heterocycles. The zero-order chi connectivity index (χ0) is 13.8. The Balaban J connectivity index is 2.83. The average molecular weight is 254 g/mol. The summed E-state index contributed by atoms with van der Waals surface area (Å²) in [5, 5.41) is 19.4. The first-order valence-electron chi connectivity index (χ1n) is 6.11. The molecule has 0 saturated carbocycles. The van der Waals surface area contributed by atoms with Crippen LogP contribution in [0.5, 0.6) is 11.5 Å². The van der Waals surface area contributed by atoms with Gasteiger partial charge in [-0.1, -0.05) is 13.0 Å². The Morgan fingerprint density at radius 2 is 2.00 bits per heavy atom. The van der Waals surface area contributed by atoms with Crippen molar-refractivity contribution in [3.8, 4) is 11.5 Å². The Morgan fingerprint density at radius 1 is 1.33 bits per heavy atom. The fourth-order valence-corrected chi connectivity index (χ4v) is 1.40. The topological polar surface area (TPSA) is 58.9 Å². The van der Waals surface area contributed by atoms with E-state index < -0.39 is 11.7 Å². The maximum absolute atomic E-state index is 9.89. The molecule has 0 fully saturated rings. The molecule has 102 valence electrons. The lowest BCUT2D eigenvalue weighted by molar-refractivity contribution is 0.00772. The number of benzene rings is 1. The van der Waals surface area contributed by atoms with E-state index in [-0.39, 0.29) is 6.61 Å². The molecule has 0 aliphatic carbocycles. The standard InChI is InChI=1S/C14H22O4/c1-5-14(3,16)9-18-12-7-6-11(10(2)15)8-13(12)17-4/h6-8,10,15-16H,5,9H2,1-4H3/t10-,14?/m0/s1. The van der Waals surface area contributed by atoms with Crippen molar-refractivity contribution in [1.29, 1.82) is 0 Å². The van der Waals surface area contributed by atoms with Crippen LogP contribution in [0.3, 0.4) is 0 Å². The van der Waals surface area contributed by atoms with Gasteiger partial charge in [0, 0.05) is 0 Å². The molecule has 0 heterocycles. The highest BCUT2D eigenvalue weighted by Gasteiger charge is 2.19. The number of hydrogen-bond acceptors (Lipinski definition) is 4. The highest BCUT2D eigenvalue weighted by atomic mass is 16.5. The molecule has 0 spiro atoms. The Hall–Kier alpha value is -1.26. The van der Waals surface area contributed by atoms with Gasteiger partial charge in [-0.05, 0) is 38.0 Å². The predicted octanol–water partition coefficient (Wildman–Crippen LogP) is 2.29. The van der Waals surface area contributed by atoms with Gasteiger partial charge in [0.2, 0.25) is 0 Å². The molecule has 1 unspecified atom stereocenters. The van der Waals surface area contributed by atoms with Crippen LogP contribution in [0.1, 0.15) is 38.9 Å². The Bertz CT molecular complexity index is 385. The van der Waals surface area contributed by atoms with E-state index in [9.17, 15) is 10.2 Å². The Morgan fingerprint density at radius 3 is 2.50 bits per heavy atom. The fourth-order valence-electron chi connectivity index (χ4n) is 1.40. The zero-order valence-corrected chi connectivity index (χ0v) is 11.4. The minimum Gasteiger partial charge on any atom is -0.493 e. The molecule has 0 amide bonds.